The van der Waals surface area contributed by atoms with Gasteiger partial charge < -0.3 is 5.73 Å². The molecule has 0 amide bonds. The second-order valence-electron chi connectivity index (χ2n) is 3.33. The van der Waals surface area contributed by atoms with Crippen LogP contribution in [0.5, 0.6) is 0 Å². The van der Waals surface area contributed by atoms with E-state index in [4.69, 9.17) is 28.9 Å². The summed E-state index contributed by atoms with van der Waals surface area (Å²) < 4.78 is 25.9. The van der Waals surface area contributed by atoms with Gasteiger partial charge in [0, 0.05) is 24.4 Å². The number of hydrogen-bond acceptors (Lipinski definition) is 2. The first-order valence-electron chi connectivity index (χ1n) is 3.85. The van der Waals surface area contributed by atoms with Crippen LogP contribution in [0.3, 0.4) is 0 Å². The van der Waals surface area contributed by atoms with Crippen LogP contribution in [0.4, 0.5) is 8.78 Å². The topological polar surface area (TPSA) is 38.9 Å². The Morgan fingerprint density at radius 3 is 2.07 bits per heavy atom. The van der Waals surface area contributed by atoms with E-state index in [0.29, 0.717) is 0 Å². The average molecular weight is 239 g/mol. The molecule has 0 saturated heterocycles. The van der Waals surface area contributed by atoms with E-state index in [1.807, 2.05) is 0 Å². The van der Waals surface area contributed by atoms with Crippen molar-refractivity contribution in [1.82, 2.24) is 4.98 Å². The fraction of sp³-hybridized carbons (Fsp3) is 0.375. The number of alkyl halides is 2. The Hall–Kier alpha value is -0.450. The van der Waals surface area contributed by atoms with E-state index in [0.717, 1.165) is 0 Å². The molecule has 2 nitrogen and oxygen atoms in total. The standard InChI is InChI=1S/C8H6Cl2F2N2/c9-4-1-14-2-5(10)6(4)7(13)3-8(7,11)12/h1-2H,3,13H2. The maximum absolute atomic E-state index is 13.0. The van der Waals surface area contributed by atoms with Crippen molar-refractivity contribution in [2.45, 2.75) is 17.9 Å². The lowest BCUT2D eigenvalue weighted by Crippen LogP contribution is -2.28. The van der Waals surface area contributed by atoms with Crippen molar-refractivity contribution in [1.29, 1.82) is 0 Å². The molecule has 76 valence electrons. The number of aromatic nitrogens is 1. The molecule has 0 bridgehead atoms. The van der Waals surface area contributed by atoms with Crippen LogP contribution in [0.15, 0.2) is 12.4 Å². The van der Waals surface area contributed by atoms with Crippen molar-refractivity contribution in [2.75, 3.05) is 0 Å². The Morgan fingerprint density at radius 1 is 1.29 bits per heavy atom. The van der Waals surface area contributed by atoms with E-state index in [1.54, 1.807) is 0 Å². The van der Waals surface area contributed by atoms with Crippen LogP contribution < -0.4 is 5.73 Å². The molecule has 2 N–H and O–H groups in total. The fourth-order valence-electron chi connectivity index (χ4n) is 1.41. The summed E-state index contributed by atoms with van der Waals surface area (Å²) in [5, 5.41) is 0.161. The first-order valence-corrected chi connectivity index (χ1v) is 4.60. The predicted octanol–water partition coefficient (Wildman–Crippen LogP) is 2.58. The zero-order chi connectivity index (χ0) is 10.6. The molecule has 0 aliphatic heterocycles. The molecule has 1 atom stereocenters. The van der Waals surface area contributed by atoms with Gasteiger partial charge in [0.05, 0.1) is 10.0 Å². The summed E-state index contributed by atoms with van der Waals surface area (Å²) in [5.41, 5.74) is 3.87. The highest BCUT2D eigenvalue weighted by Crippen LogP contribution is 2.60. The molecule has 0 spiro atoms. The van der Waals surface area contributed by atoms with Gasteiger partial charge in [0.1, 0.15) is 5.54 Å². The van der Waals surface area contributed by atoms with Crippen molar-refractivity contribution in [3.05, 3.63) is 28.0 Å². The second-order valence-corrected chi connectivity index (χ2v) is 4.15. The van der Waals surface area contributed by atoms with Gasteiger partial charge in [0.2, 0.25) is 0 Å². The van der Waals surface area contributed by atoms with Gasteiger partial charge in [-0.3, -0.25) is 4.98 Å². The van der Waals surface area contributed by atoms with Gasteiger partial charge in [-0.25, -0.2) is 8.78 Å². The number of nitrogens with two attached hydrogens (primary N) is 1. The first-order chi connectivity index (χ1) is 6.38. The van der Waals surface area contributed by atoms with Crippen molar-refractivity contribution >= 4 is 23.2 Å². The molecule has 1 aromatic rings. The Balaban J connectivity index is 2.54. The zero-order valence-electron chi connectivity index (χ0n) is 6.90. The van der Waals surface area contributed by atoms with E-state index < -0.39 is 17.9 Å². The average Bonchev–Trinajstić information content (AvgIpc) is 2.50. The molecule has 0 aromatic carbocycles. The molecule has 1 aromatic heterocycles. The van der Waals surface area contributed by atoms with Crippen molar-refractivity contribution < 1.29 is 8.78 Å². The molecule has 1 heterocycles. The van der Waals surface area contributed by atoms with E-state index in [9.17, 15) is 8.78 Å². The molecule has 6 heteroatoms. The Bertz CT molecular complexity index is 377. The highest BCUT2D eigenvalue weighted by molar-refractivity contribution is 6.36. The Labute approximate surface area is 89.0 Å². The predicted molar refractivity (Wildman–Crippen MR) is 49.7 cm³/mol. The van der Waals surface area contributed by atoms with Gasteiger partial charge in [-0.15, -0.1) is 0 Å². The molecule has 1 unspecified atom stereocenters. The van der Waals surface area contributed by atoms with Crippen LogP contribution >= 0.6 is 23.2 Å². The number of nitrogens with zero attached hydrogens (tertiary/aromatic N) is 1. The van der Waals surface area contributed by atoms with Crippen molar-refractivity contribution in [3.63, 3.8) is 0 Å². The number of pyridine rings is 1. The lowest BCUT2D eigenvalue weighted by molar-refractivity contribution is 0.0891. The summed E-state index contributed by atoms with van der Waals surface area (Å²) in [5.74, 6) is -2.93. The van der Waals surface area contributed by atoms with Gasteiger partial charge in [-0.1, -0.05) is 23.2 Å². The number of rotatable bonds is 1. The second kappa shape index (κ2) is 2.78. The van der Waals surface area contributed by atoms with E-state index in [1.165, 1.54) is 12.4 Å². The van der Waals surface area contributed by atoms with Gasteiger partial charge in [0.15, 0.2) is 0 Å². The molecule has 1 fully saturated rings. The molecule has 2 rings (SSSR count). The lowest BCUT2D eigenvalue weighted by atomic mass is 10.1. The van der Waals surface area contributed by atoms with E-state index in [-0.39, 0.29) is 15.6 Å². The normalized spacial score (nSPS) is 28.9. The fourth-order valence-corrected chi connectivity index (χ4v) is 2.12. The van der Waals surface area contributed by atoms with Crippen molar-refractivity contribution in [2.24, 2.45) is 5.73 Å². The Kier molecular flexibility index (Phi) is 2.00. The molecular weight excluding hydrogens is 233 g/mol. The first kappa shape index (κ1) is 10.1. The SMILES string of the molecule is NC1(c2c(Cl)cncc2Cl)CC1(F)F. The summed E-state index contributed by atoms with van der Waals surface area (Å²) >= 11 is 11.4. The smallest absolute Gasteiger partial charge is 0.272 e. The monoisotopic (exact) mass is 238 g/mol. The van der Waals surface area contributed by atoms with Crippen LogP contribution in [-0.4, -0.2) is 10.9 Å². The molecule has 1 saturated carbocycles. The molecule has 1 aliphatic rings. The van der Waals surface area contributed by atoms with Crippen LogP contribution in [0, 0.1) is 0 Å². The number of halogens is 4. The summed E-state index contributed by atoms with van der Waals surface area (Å²) in [4.78, 5) is 3.67. The third-order valence-corrected chi connectivity index (χ3v) is 2.90. The largest absolute Gasteiger partial charge is 0.316 e. The van der Waals surface area contributed by atoms with Gasteiger partial charge >= 0.3 is 0 Å². The summed E-state index contributed by atoms with van der Waals surface area (Å²) in [6.45, 7) is 0. The number of hydrogen-bond donors (Lipinski definition) is 1. The molecule has 1 aliphatic carbocycles. The minimum atomic E-state index is -2.93. The summed E-state index contributed by atoms with van der Waals surface area (Å²) in [6, 6.07) is 0. The molecule has 0 radical (unpaired) electrons. The van der Waals surface area contributed by atoms with E-state index >= 15 is 0 Å². The highest BCUT2D eigenvalue weighted by atomic mass is 35.5. The summed E-state index contributed by atoms with van der Waals surface area (Å²) in [6.07, 6.45) is 2.08. The lowest BCUT2D eigenvalue weighted by Gasteiger charge is -2.13. The third kappa shape index (κ3) is 1.21. The van der Waals surface area contributed by atoms with Gasteiger partial charge in [-0.2, -0.15) is 0 Å². The molecular formula is C8H6Cl2F2N2. The maximum Gasteiger partial charge on any atom is 0.272 e. The van der Waals surface area contributed by atoms with Crippen molar-refractivity contribution in [3.8, 4) is 0 Å². The zero-order valence-corrected chi connectivity index (χ0v) is 8.41. The van der Waals surface area contributed by atoms with Crippen LogP contribution in [-0.2, 0) is 5.54 Å². The summed E-state index contributed by atoms with van der Waals surface area (Å²) in [7, 11) is 0. The minimum Gasteiger partial charge on any atom is -0.316 e. The van der Waals surface area contributed by atoms with Crippen LogP contribution in [0.25, 0.3) is 0 Å². The van der Waals surface area contributed by atoms with Gasteiger partial charge in [0.25, 0.3) is 5.92 Å². The Morgan fingerprint density at radius 2 is 1.71 bits per heavy atom. The minimum absolute atomic E-state index is 0.0807. The van der Waals surface area contributed by atoms with Crippen LogP contribution in [0.1, 0.15) is 12.0 Å². The highest BCUT2D eigenvalue weighted by Gasteiger charge is 2.71. The van der Waals surface area contributed by atoms with Crippen LogP contribution in [0.2, 0.25) is 10.0 Å². The van der Waals surface area contributed by atoms with E-state index in [2.05, 4.69) is 4.98 Å². The third-order valence-electron chi connectivity index (χ3n) is 2.33. The maximum atomic E-state index is 13.0. The quantitative estimate of drug-likeness (QED) is 0.817. The molecule has 14 heavy (non-hydrogen) atoms. The van der Waals surface area contributed by atoms with Gasteiger partial charge in [-0.05, 0) is 0 Å².